The number of sulfonamides is 1. The van der Waals surface area contributed by atoms with Gasteiger partial charge in [-0.05, 0) is 48.5 Å². The van der Waals surface area contributed by atoms with Gasteiger partial charge in [0.2, 0.25) is 10.0 Å². The first kappa shape index (κ1) is 23.1. The number of primary amides is 1. The average Bonchev–Trinajstić information content (AvgIpc) is 3.26. The lowest BCUT2D eigenvalue weighted by molar-refractivity contribution is 0.0992. The van der Waals surface area contributed by atoms with Crippen LogP contribution in [0.1, 0.15) is 34.7 Å². The van der Waals surface area contributed by atoms with Crippen LogP contribution in [0, 0.1) is 5.82 Å². The first-order valence-electron chi connectivity index (χ1n) is 9.74. The van der Waals surface area contributed by atoms with Crippen LogP contribution < -0.4 is 11.1 Å². The predicted molar refractivity (Wildman–Crippen MR) is 117 cm³/mol. The second kappa shape index (κ2) is 9.28. The molecule has 0 aliphatic carbocycles. The molecule has 2 amide bonds. The lowest BCUT2D eigenvalue weighted by Gasteiger charge is -2.19. The lowest BCUT2D eigenvalue weighted by Crippen LogP contribution is -2.31. The lowest BCUT2D eigenvalue weighted by atomic mass is 10.2. The van der Waals surface area contributed by atoms with Crippen molar-refractivity contribution in [2.75, 3.05) is 18.4 Å². The summed E-state index contributed by atoms with van der Waals surface area (Å²) in [6.45, 7) is 3.89. The number of carbonyl (C=O) groups is 2. The number of hydrogen-bond acceptors (Lipinski definition) is 5. The van der Waals surface area contributed by atoms with Crippen molar-refractivity contribution in [3.63, 3.8) is 0 Å². The van der Waals surface area contributed by atoms with Crippen LogP contribution in [0.3, 0.4) is 0 Å². The molecule has 0 atom stereocenters. The van der Waals surface area contributed by atoms with Gasteiger partial charge in [-0.1, -0.05) is 13.8 Å². The molecular formula is C21H22FN5O4S. The van der Waals surface area contributed by atoms with Gasteiger partial charge in [0.25, 0.3) is 11.8 Å². The summed E-state index contributed by atoms with van der Waals surface area (Å²) in [6.07, 6.45) is 1.56. The van der Waals surface area contributed by atoms with Gasteiger partial charge in [0, 0.05) is 25.0 Å². The Labute approximate surface area is 184 Å². The summed E-state index contributed by atoms with van der Waals surface area (Å²) in [4.78, 5) is 23.6. The van der Waals surface area contributed by atoms with Crippen LogP contribution >= 0.6 is 0 Å². The molecule has 0 unspecified atom stereocenters. The smallest absolute Gasteiger partial charge is 0.269 e. The molecule has 0 fully saturated rings. The van der Waals surface area contributed by atoms with Crippen molar-refractivity contribution in [2.45, 2.75) is 18.7 Å². The van der Waals surface area contributed by atoms with E-state index in [-0.39, 0.29) is 29.2 Å². The fourth-order valence-electron chi connectivity index (χ4n) is 3.05. The van der Waals surface area contributed by atoms with Crippen LogP contribution in [0.25, 0.3) is 5.69 Å². The Morgan fingerprint density at radius 3 is 2.31 bits per heavy atom. The minimum absolute atomic E-state index is 0.109. The number of benzene rings is 2. The van der Waals surface area contributed by atoms with Crippen molar-refractivity contribution in [1.82, 2.24) is 14.1 Å². The number of nitrogens with one attached hydrogen (secondary N) is 1. The van der Waals surface area contributed by atoms with Gasteiger partial charge in [0.1, 0.15) is 11.5 Å². The summed E-state index contributed by atoms with van der Waals surface area (Å²) >= 11 is 0. The quantitative estimate of drug-likeness (QED) is 0.535. The van der Waals surface area contributed by atoms with Gasteiger partial charge in [0.15, 0.2) is 0 Å². The average molecular weight is 460 g/mol. The van der Waals surface area contributed by atoms with Crippen molar-refractivity contribution in [2.24, 2.45) is 5.73 Å². The van der Waals surface area contributed by atoms with E-state index in [1.807, 2.05) is 0 Å². The molecular weight excluding hydrogens is 437 g/mol. The highest BCUT2D eigenvalue weighted by molar-refractivity contribution is 7.89. The highest BCUT2D eigenvalue weighted by atomic mass is 32.2. The summed E-state index contributed by atoms with van der Waals surface area (Å²) in [5.74, 6) is -2.28. The zero-order valence-electron chi connectivity index (χ0n) is 17.4. The molecule has 11 heteroatoms. The molecule has 0 bridgehead atoms. The van der Waals surface area contributed by atoms with Crippen molar-refractivity contribution < 1.29 is 22.4 Å². The molecule has 0 aliphatic heterocycles. The van der Waals surface area contributed by atoms with E-state index in [4.69, 9.17) is 5.73 Å². The van der Waals surface area contributed by atoms with E-state index in [2.05, 4.69) is 10.4 Å². The molecule has 0 spiro atoms. The fourth-order valence-corrected chi connectivity index (χ4v) is 4.53. The number of carbonyl (C=O) groups excluding carboxylic acids is 2. The number of halogens is 1. The molecule has 1 heterocycles. The minimum atomic E-state index is -3.84. The molecule has 0 aliphatic rings. The Balaban J connectivity index is 1.82. The van der Waals surface area contributed by atoms with Crippen molar-refractivity contribution in [1.29, 1.82) is 0 Å². The third kappa shape index (κ3) is 4.68. The monoisotopic (exact) mass is 459 g/mol. The van der Waals surface area contributed by atoms with E-state index in [1.54, 1.807) is 44.3 Å². The third-order valence-electron chi connectivity index (χ3n) is 4.76. The Morgan fingerprint density at radius 2 is 1.75 bits per heavy atom. The predicted octanol–water partition coefficient (Wildman–Crippen LogP) is 2.39. The molecule has 0 saturated carbocycles. The summed E-state index contributed by atoms with van der Waals surface area (Å²) in [5, 5.41) is 6.58. The summed E-state index contributed by atoms with van der Waals surface area (Å²) in [5.41, 5.74) is 5.87. The number of aromatic nitrogens is 2. The Kier molecular flexibility index (Phi) is 6.70. The largest absolute Gasteiger partial charge is 0.364 e. The van der Waals surface area contributed by atoms with Crippen molar-refractivity contribution in [3.05, 3.63) is 71.8 Å². The highest BCUT2D eigenvalue weighted by Gasteiger charge is 2.24. The van der Waals surface area contributed by atoms with E-state index in [1.165, 1.54) is 15.1 Å². The van der Waals surface area contributed by atoms with E-state index < -0.39 is 27.7 Å². The molecule has 2 aromatic carbocycles. The van der Waals surface area contributed by atoms with Gasteiger partial charge in [-0.15, -0.1) is 0 Å². The Morgan fingerprint density at radius 1 is 1.09 bits per heavy atom. The summed E-state index contributed by atoms with van der Waals surface area (Å²) < 4.78 is 42.3. The normalized spacial score (nSPS) is 11.5. The van der Waals surface area contributed by atoms with Crippen molar-refractivity contribution >= 4 is 27.5 Å². The second-order valence-corrected chi connectivity index (χ2v) is 8.68. The maximum atomic E-state index is 14.3. The second-order valence-electron chi connectivity index (χ2n) is 6.74. The van der Waals surface area contributed by atoms with E-state index in [9.17, 15) is 22.4 Å². The molecule has 9 nitrogen and oxygen atoms in total. The number of nitrogens with two attached hydrogens (primary N) is 1. The zero-order valence-corrected chi connectivity index (χ0v) is 18.3. The SMILES string of the molecule is CCN(CC)S(=O)(=O)c1ccc(F)c(C(=O)Nc2ccc(-n3ccc(C(N)=O)n3)cc2)c1. The van der Waals surface area contributed by atoms with Crippen LogP contribution in [0.15, 0.2) is 59.6 Å². The maximum absolute atomic E-state index is 14.3. The third-order valence-corrected chi connectivity index (χ3v) is 6.80. The Hall–Kier alpha value is -3.57. The van der Waals surface area contributed by atoms with Crippen molar-refractivity contribution in [3.8, 4) is 5.69 Å². The van der Waals surface area contributed by atoms with Gasteiger partial charge < -0.3 is 11.1 Å². The molecule has 3 rings (SSSR count). The Bertz CT molecular complexity index is 1250. The van der Waals surface area contributed by atoms with Crippen LogP contribution in [0.5, 0.6) is 0 Å². The molecule has 32 heavy (non-hydrogen) atoms. The van der Waals surface area contributed by atoms with Crippen LogP contribution in [0.4, 0.5) is 10.1 Å². The first-order chi connectivity index (χ1) is 15.2. The summed E-state index contributed by atoms with van der Waals surface area (Å²) in [6, 6.07) is 11.0. The zero-order chi connectivity index (χ0) is 23.5. The number of anilines is 1. The molecule has 0 radical (unpaired) electrons. The number of rotatable bonds is 8. The summed E-state index contributed by atoms with van der Waals surface area (Å²) in [7, 11) is -3.84. The van der Waals surface area contributed by atoms with E-state index >= 15 is 0 Å². The van der Waals surface area contributed by atoms with E-state index in [0.717, 1.165) is 18.2 Å². The fraction of sp³-hybridized carbons (Fsp3) is 0.190. The van der Waals surface area contributed by atoms with Gasteiger partial charge in [-0.3, -0.25) is 9.59 Å². The highest BCUT2D eigenvalue weighted by Crippen LogP contribution is 2.21. The number of amides is 2. The van der Waals surface area contributed by atoms with E-state index in [0.29, 0.717) is 11.4 Å². The first-order valence-corrected chi connectivity index (χ1v) is 11.2. The van der Waals surface area contributed by atoms with Gasteiger partial charge in [-0.25, -0.2) is 17.5 Å². The molecule has 3 N–H and O–H groups in total. The van der Waals surface area contributed by atoms with Gasteiger partial charge >= 0.3 is 0 Å². The van der Waals surface area contributed by atoms with Crippen LogP contribution in [0.2, 0.25) is 0 Å². The number of nitrogens with zero attached hydrogens (tertiary/aromatic N) is 3. The topological polar surface area (TPSA) is 127 Å². The molecule has 168 valence electrons. The minimum Gasteiger partial charge on any atom is -0.364 e. The molecule has 0 saturated heterocycles. The van der Waals surface area contributed by atoms with Gasteiger partial charge in [-0.2, -0.15) is 9.40 Å². The standard InChI is InChI=1S/C21H22FN5O4S/c1-3-26(4-2)32(30,31)16-9-10-18(22)17(13-16)21(29)24-14-5-7-15(8-6-14)27-12-11-19(25-27)20(23)28/h5-13H,3-4H2,1-2H3,(H2,23,28)(H,24,29). The molecule has 1 aromatic heterocycles. The van der Waals surface area contributed by atoms with Crippen LogP contribution in [-0.2, 0) is 10.0 Å². The molecule has 3 aromatic rings. The number of hydrogen-bond donors (Lipinski definition) is 2. The van der Waals surface area contributed by atoms with Gasteiger partial charge in [0.05, 0.1) is 16.1 Å². The maximum Gasteiger partial charge on any atom is 0.269 e. The van der Waals surface area contributed by atoms with Crippen LogP contribution in [-0.4, -0.2) is 47.4 Å².